The van der Waals surface area contributed by atoms with Crippen molar-refractivity contribution in [2.45, 2.75) is 9.79 Å². The lowest BCUT2D eigenvalue weighted by molar-refractivity contribution is 0.445. The summed E-state index contributed by atoms with van der Waals surface area (Å²) in [5.41, 5.74) is -0.380. The zero-order valence-corrected chi connectivity index (χ0v) is 18.2. The number of fused-ring (bicyclic) bond motifs is 1. The van der Waals surface area contributed by atoms with Crippen molar-refractivity contribution in [2.24, 2.45) is 10.2 Å². The molecule has 3 aromatic rings. The lowest BCUT2D eigenvalue weighted by Gasteiger charge is -2.10. The molecule has 0 spiro atoms. The molecule has 0 saturated carbocycles. The Morgan fingerprint density at radius 2 is 1.40 bits per heavy atom. The summed E-state index contributed by atoms with van der Waals surface area (Å²) < 4.78 is 64.6. The van der Waals surface area contributed by atoms with E-state index in [9.17, 15) is 31.0 Å². The first-order chi connectivity index (χ1) is 13.8. The topological polar surface area (TPSA) is 154 Å². The second-order valence-corrected chi connectivity index (χ2v) is 9.86. The zero-order chi connectivity index (χ0) is 22.4. The summed E-state index contributed by atoms with van der Waals surface area (Å²) >= 11 is 17.8. The Balaban J connectivity index is 2.32. The van der Waals surface area contributed by atoms with Crippen molar-refractivity contribution >= 4 is 77.2 Å². The van der Waals surface area contributed by atoms with Gasteiger partial charge in [-0.25, -0.2) is 0 Å². The van der Waals surface area contributed by atoms with E-state index in [1.165, 1.54) is 12.1 Å². The summed E-state index contributed by atoms with van der Waals surface area (Å²) in [4.78, 5) is -1.49. The zero-order valence-electron chi connectivity index (χ0n) is 14.3. The van der Waals surface area contributed by atoms with Gasteiger partial charge in [0.15, 0.2) is 5.75 Å². The smallest absolute Gasteiger partial charge is 0.298 e. The highest BCUT2D eigenvalue weighted by molar-refractivity contribution is 7.86. The number of benzene rings is 3. The number of azo groups is 1. The lowest BCUT2D eigenvalue weighted by Crippen LogP contribution is -2.00. The second kappa shape index (κ2) is 7.93. The molecule has 0 atom stereocenters. The number of nitrogens with zero attached hydrogens (tertiary/aromatic N) is 2. The fourth-order valence-electron chi connectivity index (χ4n) is 2.48. The van der Waals surface area contributed by atoms with E-state index in [1.807, 2.05) is 0 Å². The van der Waals surface area contributed by atoms with E-state index in [2.05, 4.69) is 10.2 Å². The quantitative estimate of drug-likeness (QED) is 0.240. The van der Waals surface area contributed by atoms with E-state index >= 15 is 0 Å². The Morgan fingerprint density at radius 1 is 0.767 bits per heavy atom. The molecule has 3 N–H and O–H groups in total. The molecule has 158 valence electrons. The molecule has 30 heavy (non-hydrogen) atoms. The second-order valence-electron chi connectivity index (χ2n) is 5.82. The minimum Gasteiger partial charge on any atom is -0.504 e. The third-order valence-corrected chi connectivity index (χ3v) is 6.59. The molecule has 0 heterocycles. The molecule has 0 unspecified atom stereocenters. The van der Waals surface area contributed by atoms with Crippen LogP contribution in [-0.2, 0) is 20.2 Å². The van der Waals surface area contributed by atoms with Crippen molar-refractivity contribution in [2.75, 3.05) is 0 Å². The lowest BCUT2D eigenvalue weighted by atomic mass is 10.1. The van der Waals surface area contributed by atoms with Crippen molar-refractivity contribution < 1.29 is 31.0 Å². The Bertz CT molecular complexity index is 1440. The van der Waals surface area contributed by atoms with Crippen molar-refractivity contribution in [1.29, 1.82) is 0 Å². The molecular weight excluding hydrogens is 503 g/mol. The van der Waals surface area contributed by atoms with Crippen molar-refractivity contribution in [1.82, 2.24) is 0 Å². The number of hydrogen-bond acceptors (Lipinski definition) is 7. The van der Waals surface area contributed by atoms with Gasteiger partial charge in [0.25, 0.3) is 20.2 Å². The Labute approximate surface area is 185 Å². The number of hydrogen-bond donors (Lipinski definition) is 3. The van der Waals surface area contributed by atoms with Crippen LogP contribution in [0, 0.1) is 0 Å². The number of halogens is 3. The summed E-state index contributed by atoms with van der Waals surface area (Å²) in [6.07, 6.45) is 0. The minimum atomic E-state index is -4.93. The molecule has 0 aromatic heterocycles. The standard InChI is InChI=1S/C16H9Cl3N2O7S2/c17-10-5-12(19)13(6-11(10)18)20-21-15-9-2-1-8(29(23,24)25)3-7(9)4-14(16(15)22)30(26,27)28/h1-6,22H,(H,23,24,25)(H,26,27,28). The maximum atomic E-state index is 11.6. The molecule has 3 rings (SSSR count). The first-order valence-electron chi connectivity index (χ1n) is 7.60. The van der Waals surface area contributed by atoms with E-state index in [0.29, 0.717) is 0 Å². The molecule has 0 saturated heterocycles. The average Bonchev–Trinajstić information content (AvgIpc) is 2.62. The van der Waals surface area contributed by atoms with E-state index in [-0.39, 0.29) is 31.5 Å². The first kappa shape index (κ1) is 22.7. The van der Waals surface area contributed by atoms with Crippen LogP contribution in [0.15, 0.2) is 56.4 Å². The molecule has 0 aliphatic rings. The maximum absolute atomic E-state index is 11.6. The fraction of sp³-hybridized carbons (Fsp3) is 0. The summed E-state index contributed by atoms with van der Waals surface area (Å²) in [7, 11) is -9.54. The SMILES string of the molecule is O=S(=O)(O)c1ccc2c(N=Nc3cc(Cl)c(Cl)cc3Cl)c(O)c(S(=O)(=O)O)cc2c1. The average molecular weight is 512 g/mol. The van der Waals surface area contributed by atoms with Gasteiger partial charge in [0.1, 0.15) is 16.3 Å². The van der Waals surface area contributed by atoms with Gasteiger partial charge in [0.05, 0.1) is 20.0 Å². The Hall–Kier alpha value is -1.99. The fourth-order valence-corrected chi connectivity index (χ4v) is 4.19. The van der Waals surface area contributed by atoms with Crippen LogP contribution in [0.4, 0.5) is 11.4 Å². The van der Waals surface area contributed by atoms with Gasteiger partial charge in [-0.05, 0) is 35.7 Å². The third kappa shape index (κ3) is 4.52. The molecule has 0 radical (unpaired) electrons. The molecule has 0 bridgehead atoms. The van der Waals surface area contributed by atoms with Crippen molar-refractivity contribution in [3.05, 3.63) is 51.5 Å². The van der Waals surface area contributed by atoms with Crippen LogP contribution in [0.25, 0.3) is 10.8 Å². The molecule has 14 heteroatoms. The molecule has 0 aliphatic carbocycles. The van der Waals surface area contributed by atoms with Gasteiger partial charge >= 0.3 is 0 Å². The van der Waals surface area contributed by atoms with Crippen LogP contribution < -0.4 is 0 Å². The van der Waals surface area contributed by atoms with E-state index in [1.54, 1.807) is 0 Å². The summed E-state index contributed by atoms with van der Waals surface area (Å²) in [5.74, 6) is -0.940. The van der Waals surface area contributed by atoms with Crippen LogP contribution in [0.1, 0.15) is 0 Å². The summed E-state index contributed by atoms with van der Waals surface area (Å²) in [6.45, 7) is 0. The largest absolute Gasteiger partial charge is 0.504 e. The first-order valence-corrected chi connectivity index (χ1v) is 11.6. The highest BCUT2D eigenvalue weighted by Gasteiger charge is 2.23. The van der Waals surface area contributed by atoms with Gasteiger partial charge in [0.2, 0.25) is 0 Å². The van der Waals surface area contributed by atoms with Gasteiger partial charge < -0.3 is 5.11 Å². The summed E-state index contributed by atoms with van der Waals surface area (Å²) in [5, 5.41) is 18.3. The molecule has 0 aliphatic heterocycles. The van der Waals surface area contributed by atoms with E-state index in [4.69, 9.17) is 34.8 Å². The molecule has 0 fully saturated rings. The van der Waals surface area contributed by atoms with Gasteiger partial charge in [0, 0.05) is 5.39 Å². The van der Waals surface area contributed by atoms with Gasteiger partial charge in [-0.1, -0.05) is 40.9 Å². The van der Waals surface area contributed by atoms with Crippen LogP contribution in [0.3, 0.4) is 0 Å². The number of rotatable bonds is 4. The number of phenolic OH excluding ortho intramolecular Hbond substituents is 1. The van der Waals surface area contributed by atoms with Crippen molar-refractivity contribution in [3.8, 4) is 5.75 Å². The monoisotopic (exact) mass is 510 g/mol. The molecular formula is C16H9Cl3N2O7S2. The number of phenols is 1. The molecule has 3 aromatic carbocycles. The van der Waals surface area contributed by atoms with E-state index in [0.717, 1.165) is 24.3 Å². The molecule has 0 amide bonds. The van der Waals surface area contributed by atoms with Crippen molar-refractivity contribution in [3.63, 3.8) is 0 Å². The number of aromatic hydroxyl groups is 1. The summed E-state index contributed by atoms with van der Waals surface area (Å²) in [6, 6.07) is 6.50. The maximum Gasteiger partial charge on any atom is 0.298 e. The van der Waals surface area contributed by atoms with Crippen LogP contribution in [-0.4, -0.2) is 31.0 Å². The highest BCUT2D eigenvalue weighted by Crippen LogP contribution is 2.43. The predicted octanol–water partition coefficient (Wildman–Crippen LogP) is 5.41. The Morgan fingerprint density at radius 3 is 2.00 bits per heavy atom. The molecule has 9 nitrogen and oxygen atoms in total. The van der Waals surface area contributed by atoms with Crippen LogP contribution in [0.5, 0.6) is 5.75 Å². The van der Waals surface area contributed by atoms with Crippen LogP contribution in [0.2, 0.25) is 15.1 Å². The minimum absolute atomic E-state index is 0.0328. The van der Waals surface area contributed by atoms with Gasteiger partial charge in [-0.2, -0.15) is 16.8 Å². The highest BCUT2D eigenvalue weighted by atomic mass is 35.5. The van der Waals surface area contributed by atoms with Crippen LogP contribution >= 0.6 is 34.8 Å². The van der Waals surface area contributed by atoms with E-state index < -0.39 is 41.5 Å². The van der Waals surface area contributed by atoms with Gasteiger partial charge in [-0.3, -0.25) is 9.11 Å². The third-order valence-electron chi connectivity index (χ3n) is 3.85. The predicted molar refractivity (Wildman–Crippen MR) is 111 cm³/mol. The van der Waals surface area contributed by atoms with Gasteiger partial charge in [-0.15, -0.1) is 10.2 Å². The Kier molecular flexibility index (Phi) is 6.00. The normalized spacial score (nSPS) is 12.7.